The maximum absolute atomic E-state index is 10.6. The molecular formula is C9H12N2O3. The lowest BCUT2D eigenvalue weighted by Gasteiger charge is -2.08. The molecule has 1 aromatic rings. The predicted molar refractivity (Wildman–Crippen MR) is 49.5 cm³/mol. The van der Waals surface area contributed by atoms with Crippen LogP contribution in [0.4, 0.5) is 0 Å². The third-order valence-electron chi connectivity index (χ3n) is 1.53. The molecule has 5 nitrogen and oxygen atoms in total. The van der Waals surface area contributed by atoms with Gasteiger partial charge in [0.25, 0.3) is 0 Å². The van der Waals surface area contributed by atoms with Crippen molar-refractivity contribution in [2.45, 2.75) is 26.9 Å². The topological polar surface area (TPSA) is 72.3 Å². The molecule has 0 aromatic carbocycles. The lowest BCUT2D eigenvalue weighted by Crippen LogP contribution is -2.11. The molecule has 0 amide bonds. The quantitative estimate of drug-likeness (QED) is 0.788. The van der Waals surface area contributed by atoms with E-state index in [1.807, 2.05) is 13.8 Å². The molecule has 0 aliphatic heterocycles. The average molecular weight is 196 g/mol. The van der Waals surface area contributed by atoms with Gasteiger partial charge in [0.05, 0.1) is 17.4 Å². The van der Waals surface area contributed by atoms with Crippen molar-refractivity contribution < 1.29 is 14.6 Å². The van der Waals surface area contributed by atoms with E-state index in [1.54, 1.807) is 6.92 Å². The van der Waals surface area contributed by atoms with Crippen LogP contribution < -0.4 is 4.74 Å². The Morgan fingerprint density at radius 3 is 2.64 bits per heavy atom. The second-order valence-electron chi connectivity index (χ2n) is 3.12. The van der Waals surface area contributed by atoms with Crippen LogP contribution in [0.5, 0.6) is 6.01 Å². The predicted octanol–water partition coefficient (Wildman–Crippen LogP) is 1.27. The summed E-state index contributed by atoms with van der Waals surface area (Å²) in [6.07, 6.45) is 1.23. The number of rotatable bonds is 3. The SMILES string of the molecule is Cc1nc(OC(C)C)ncc1C(=O)O. The zero-order valence-corrected chi connectivity index (χ0v) is 8.31. The van der Waals surface area contributed by atoms with Crippen LogP contribution in [-0.2, 0) is 0 Å². The summed E-state index contributed by atoms with van der Waals surface area (Å²) >= 11 is 0. The summed E-state index contributed by atoms with van der Waals surface area (Å²) in [6, 6.07) is 0.211. The molecule has 1 rings (SSSR count). The Kier molecular flexibility index (Phi) is 3.01. The maximum atomic E-state index is 10.6. The van der Waals surface area contributed by atoms with Gasteiger partial charge in [-0.15, -0.1) is 0 Å². The van der Waals surface area contributed by atoms with Gasteiger partial charge in [0.2, 0.25) is 0 Å². The number of aryl methyl sites for hydroxylation is 1. The number of carboxylic acid groups (broad SMARTS) is 1. The van der Waals surface area contributed by atoms with Gasteiger partial charge < -0.3 is 9.84 Å². The zero-order valence-electron chi connectivity index (χ0n) is 8.31. The molecule has 76 valence electrons. The molecule has 0 fully saturated rings. The molecule has 14 heavy (non-hydrogen) atoms. The van der Waals surface area contributed by atoms with Crippen LogP contribution in [-0.4, -0.2) is 27.1 Å². The van der Waals surface area contributed by atoms with Crippen LogP contribution >= 0.6 is 0 Å². The minimum atomic E-state index is -1.03. The van der Waals surface area contributed by atoms with Crippen molar-refractivity contribution in [2.24, 2.45) is 0 Å². The van der Waals surface area contributed by atoms with Gasteiger partial charge in [-0.3, -0.25) is 0 Å². The van der Waals surface area contributed by atoms with E-state index in [2.05, 4.69) is 9.97 Å². The largest absolute Gasteiger partial charge is 0.478 e. The van der Waals surface area contributed by atoms with Crippen LogP contribution in [0.1, 0.15) is 29.9 Å². The second kappa shape index (κ2) is 4.04. The van der Waals surface area contributed by atoms with E-state index in [0.717, 1.165) is 0 Å². The van der Waals surface area contributed by atoms with Crippen LogP contribution in [0.3, 0.4) is 0 Å². The number of aromatic nitrogens is 2. The van der Waals surface area contributed by atoms with Crippen LogP contribution in [0.2, 0.25) is 0 Å². The number of nitrogens with zero attached hydrogens (tertiary/aromatic N) is 2. The Morgan fingerprint density at radius 1 is 1.57 bits per heavy atom. The molecular weight excluding hydrogens is 184 g/mol. The van der Waals surface area contributed by atoms with E-state index in [1.165, 1.54) is 6.20 Å². The number of ether oxygens (including phenoxy) is 1. The van der Waals surface area contributed by atoms with Gasteiger partial charge in [-0.2, -0.15) is 4.98 Å². The van der Waals surface area contributed by atoms with E-state index >= 15 is 0 Å². The third kappa shape index (κ3) is 2.42. The highest BCUT2D eigenvalue weighted by molar-refractivity contribution is 5.88. The van der Waals surface area contributed by atoms with Gasteiger partial charge in [-0.05, 0) is 20.8 Å². The van der Waals surface area contributed by atoms with Gasteiger partial charge in [-0.1, -0.05) is 0 Å². The van der Waals surface area contributed by atoms with Crippen molar-refractivity contribution in [1.82, 2.24) is 9.97 Å². The number of carbonyl (C=O) groups is 1. The Labute approximate surface area is 81.8 Å². The molecule has 0 spiro atoms. The normalized spacial score (nSPS) is 10.3. The zero-order chi connectivity index (χ0) is 10.7. The molecule has 1 aromatic heterocycles. The van der Waals surface area contributed by atoms with E-state index in [-0.39, 0.29) is 17.7 Å². The third-order valence-corrected chi connectivity index (χ3v) is 1.53. The number of hydrogen-bond donors (Lipinski definition) is 1. The average Bonchev–Trinajstić information content (AvgIpc) is 2.01. The number of carboxylic acids is 1. The Bertz CT molecular complexity index is 350. The van der Waals surface area contributed by atoms with Gasteiger partial charge in [0.1, 0.15) is 0 Å². The Hall–Kier alpha value is -1.65. The maximum Gasteiger partial charge on any atom is 0.339 e. The van der Waals surface area contributed by atoms with E-state index in [4.69, 9.17) is 9.84 Å². The first-order valence-corrected chi connectivity index (χ1v) is 4.24. The molecule has 0 unspecified atom stereocenters. The fourth-order valence-electron chi connectivity index (χ4n) is 0.923. The van der Waals surface area contributed by atoms with Crippen molar-refractivity contribution >= 4 is 5.97 Å². The molecule has 0 aliphatic carbocycles. The van der Waals surface area contributed by atoms with Crippen LogP contribution in [0, 0.1) is 6.92 Å². The highest BCUT2D eigenvalue weighted by Crippen LogP contribution is 2.09. The van der Waals surface area contributed by atoms with Crippen molar-refractivity contribution in [3.63, 3.8) is 0 Å². The highest BCUT2D eigenvalue weighted by Gasteiger charge is 2.10. The van der Waals surface area contributed by atoms with Gasteiger partial charge in [0, 0.05) is 6.20 Å². The monoisotopic (exact) mass is 196 g/mol. The summed E-state index contributed by atoms with van der Waals surface area (Å²) in [4.78, 5) is 18.3. The van der Waals surface area contributed by atoms with E-state index < -0.39 is 5.97 Å². The standard InChI is InChI=1S/C9H12N2O3/c1-5(2)14-9-10-4-7(8(12)13)6(3)11-9/h4-5H,1-3H3,(H,12,13). The minimum absolute atomic E-state index is 0.0231. The summed E-state index contributed by atoms with van der Waals surface area (Å²) in [7, 11) is 0. The molecule has 5 heteroatoms. The van der Waals surface area contributed by atoms with Crippen molar-refractivity contribution in [3.05, 3.63) is 17.5 Å². The Morgan fingerprint density at radius 2 is 2.21 bits per heavy atom. The summed E-state index contributed by atoms with van der Waals surface area (Å²) in [5.74, 6) is -1.03. The number of aromatic carboxylic acids is 1. The summed E-state index contributed by atoms with van der Waals surface area (Å²) in [6.45, 7) is 5.31. The Balaban J connectivity index is 2.94. The number of hydrogen-bond acceptors (Lipinski definition) is 4. The summed E-state index contributed by atoms with van der Waals surface area (Å²) < 4.78 is 5.21. The first-order chi connectivity index (χ1) is 6.50. The van der Waals surface area contributed by atoms with Gasteiger partial charge >= 0.3 is 12.0 Å². The summed E-state index contributed by atoms with van der Waals surface area (Å²) in [5, 5.41) is 8.72. The lowest BCUT2D eigenvalue weighted by molar-refractivity contribution is 0.0695. The fraction of sp³-hybridized carbons (Fsp3) is 0.444. The molecule has 0 bridgehead atoms. The van der Waals surface area contributed by atoms with Gasteiger partial charge in [0.15, 0.2) is 0 Å². The molecule has 0 saturated carbocycles. The first-order valence-electron chi connectivity index (χ1n) is 4.24. The fourth-order valence-corrected chi connectivity index (χ4v) is 0.923. The van der Waals surface area contributed by atoms with Crippen molar-refractivity contribution in [1.29, 1.82) is 0 Å². The van der Waals surface area contributed by atoms with Crippen molar-refractivity contribution in [2.75, 3.05) is 0 Å². The van der Waals surface area contributed by atoms with E-state index in [9.17, 15) is 4.79 Å². The molecule has 0 radical (unpaired) electrons. The first kappa shape index (κ1) is 10.4. The van der Waals surface area contributed by atoms with Gasteiger partial charge in [-0.25, -0.2) is 9.78 Å². The summed E-state index contributed by atoms with van der Waals surface area (Å²) in [5.41, 5.74) is 0.504. The molecule has 0 saturated heterocycles. The lowest BCUT2D eigenvalue weighted by atomic mass is 10.2. The highest BCUT2D eigenvalue weighted by atomic mass is 16.5. The van der Waals surface area contributed by atoms with E-state index in [0.29, 0.717) is 5.69 Å². The van der Waals surface area contributed by atoms with Crippen molar-refractivity contribution in [3.8, 4) is 6.01 Å². The molecule has 0 aliphatic rings. The minimum Gasteiger partial charge on any atom is -0.478 e. The van der Waals surface area contributed by atoms with Crippen LogP contribution in [0.25, 0.3) is 0 Å². The smallest absolute Gasteiger partial charge is 0.339 e. The molecule has 1 N–H and O–H groups in total. The molecule has 1 heterocycles. The van der Waals surface area contributed by atoms with Crippen LogP contribution in [0.15, 0.2) is 6.20 Å². The molecule has 0 atom stereocenters. The second-order valence-corrected chi connectivity index (χ2v) is 3.12.